The maximum atomic E-state index is 6.55. The first-order chi connectivity index (χ1) is 7.03. The van der Waals surface area contributed by atoms with Crippen LogP contribution in [-0.2, 0) is 0 Å². The van der Waals surface area contributed by atoms with E-state index in [4.69, 9.17) is 5.73 Å². The van der Waals surface area contributed by atoms with Gasteiger partial charge in [0.2, 0.25) is 0 Å². The van der Waals surface area contributed by atoms with E-state index >= 15 is 0 Å². The predicted octanol–water partition coefficient (Wildman–Crippen LogP) is 4.11. The van der Waals surface area contributed by atoms with Crippen LogP contribution in [0.1, 0.15) is 72.6 Å². The van der Waals surface area contributed by atoms with E-state index in [2.05, 4.69) is 27.7 Å². The first-order valence-electron chi connectivity index (χ1n) is 6.82. The lowest BCUT2D eigenvalue weighted by Gasteiger charge is -2.49. The second kappa shape index (κ2) is 4.86. The highest BCUT2D eigenvalue weighted by atomic mass is 14.8. The van der Waals surface area contributed by atoms with Crippen molar-refractivity contribution in [2.45, 2.75) is 78.2 Å². The molecule has 0 spiro atoms. The molecule has 0 aliphatic heterocycles. The van der Waals surface area contributed by atoms with Gasteiger partial charge in [-0.3, -0.25) is 0 Å². The minimum atomic E-state index is 0.130. The minimum absolute atomic E-state index is 0.130. The normalized spacial score (nSPS) is 35.4. The van der Waals surface area contributed by atoms with E-state index in [-0.39, 0.29) is 5.54 Å². The van der Waals surface area contributed by atoms with Crippen molar-refractivity contribution in [2.24, 2.45) is 17.1 Å². The molecule has 1 saturated carbocycles. The Balaban J connectivity index is 2.83. The summed E-state index contributed by atoms with van der Waals surface area (Å²) in [6, 6.07) is 0. The highest BCUT2D eigenvalue weighted by Gasteiger charge is 2.43. The molecule has 1 fully saturated rings. The van der Waals surface area contributed by atoms with Crippen LogP contribution in [0.3, 0.4) is 0 Å². The van der Waals surface area contributed by atoms with E-state index < -0.39 is 0 Å². The van der Waals surface area contributed by atoms with Gasteiger partial charge in [0.15, 0.2) is 0 Å². The average Bonchev–Trinajstić information content (AvgIpc) is 2.28. The Hall–Kier alpha value is -0.0400. The SMILES string of the molecule is CCC1CC(N)(CC)CC(CC)(CC)C1. The lowest BCUT2D eigenvalue weighted by atomic mass is 9.59. The molecular weight excluding hydrogens is 182 g/mol. The van der Waals surface area contributed by atoms with Crippen molar-refractivity contribution in [2.75, 3.05) is 0 Å². The molecule has 90 valence electrons. The number of hydrogen-bond donors (Lipinski definition) is 1. The standard InChI is InChI=1S/C14H29N/c1-5-12-9-13(6-2,7-3)11-14(15,8-4)10-12/h12H,5-11,15H2,1-4H3. The molecule has 2 atom stereocenters. The van der Waals surface area contributed by atoms with Gasteiger partial charge in [0, 0.05) is 5.54 Å². The molecule has 0 heterocycles. The van der Waals surface area contributed by atoms with Crippen molar-refractivity contribution in [1.29, 1.82) is 0 Å². The van der Waals surface area contributed by atoms with Gasteiger partial charge in [-0.25, -0.2) is 0 Å². The van der Waals surface area contributed by atoms with Crippen LogP contribution >= 0.6 is 0 Å². The number of hydrogen-bond acceptors (Lipinski definition) is 1. The summed E-state index contributed by atoms with van der Waals surface area (Å²) in [5, 5.41) is 0. The van der Waals surface area contributed by atoms with Crippen LogP contribution in [0.2, 0.25) is 0 Å². The molecule has 0 aromatic carbocycles. The molecule has 0 bridgehead atoms. The van der Waals surface area contributed by atoms with Gasteiger partial charge in [-0.2, -0.15) is 0 Å². The summed E-state index contributed by atoms with van der Waals surface area (Å²) >= 11 is 0. The molecule has 1 nitrogen and oxygen atoms in total. The Kier molecular flexibility index (Phi) is 4.22. The highest BCUT2D eigenvalue weighted by molar-refractivity contribution is 4.98. The third kappa shape index (κ3) is 2.75. The van der Waals surface area contributed by atoms with Crippen LogP contribution in [0.4, 0.5) is 0 Å². The summed E-state index contributed by atoms with van der Waals surface area (Å²) in [4.78, 5) is 0. The third-order valence-electron chi connectivity index (χ3n) is 4.93. The summed E-state index contributed by atoms with van der Waals surface area (Å²) in [5.41, 5.74) is 7.23. The van der Waals surface area contributed by atoms with Gasteiger partial charge in [-0.15, -0.1) is 0 Å². The summed E-state index contributed by atoms with van der Waals surface area (Å²) in [5.74, 6) is 0.864. The molecule has 0 aromatic rings. The van der Waals surface area contributed by atoms with Crippen LogP contribution in [0.25, 0.3) is 0 Å². The maximum absolute atomic E-state index is 6.55. The second-order valence-corrected chi connectivity index (χ2v) is 5.78. The fraction of sp³-hybridized carbons (Fsp3) is 1.00. The molecule has 1 aliphatic carbocycles. The molecule has 1 aliphatic rings. The summed E-state index contributed by atoms with van der Waals surface area (Å²) in [7, 11) is 0. The van der Waals surface area contributed by atoms with Crippen LogP contribution in [0.5, 0.6) is 0 Å². The molecule has 0 aromatic heterocycles. The zero-order valence-electron chi connectivity index (χ0n) is 11.1. The lowest BCUT2D eigenvalue weighted by molar-refractivity contribution is 0.0579. The van der Waals surface area contributed by atoms with Gasteiger partial charge >= 0.3 is 0 Å². The quantitative estimate of drug-likeness (QED) is 0.744. The second-order valence-electron chi connectivity index (χ2n) is 5.78. The van der Waals surface area contributed by atoms with E-state index in [9.17, 15) is 0 Å². The van der Waals surface area contributed by atoms with Crippen LogP contribution in [-0.4, -0.2) is 5.54 Å². The molecule has 0 radical (unpaired) electrons. The molecule has 2 N–H and O–H groups in total. The fourth-order valence-corrected chi connectivity index (χ4v) is 3.50. The summed E-state index contributed by atoms with van der Waals surface area (Å²) in [6.45, 7) is 9.27. The monoisotopic (exact) mass is 211 g/mol. The number of nitrogens with two attached hydrogens (primary N) is 1. The third-order valence-corrected chi connectivity index (χ3v) is 4.93. The van der Waals surface area contributed by atoms with Gasteiger partial charge in [0.1, 0.15) is 0 Å². The molecule has 2 unspecified atom stereocenters. The Labute approximate surface area is 95.8 Å². The van der Waals surface area contributed by atoms with Crippen LogP contribution in [0, 0.1) is 11.3 Å². The van der Waals surface area contributed by atoms with E-state index in [1.807, 2.05) is 0 Å². The molecule has 1 rings (SSSR count). The smallest absolute Gasteiger partial charge is 0.0159 e. The fourth-order valence-electron chi connectivity index (χ4n) is 3.50. The van der Waals surface area contributed by atoms with Gasteiger partial charge in [-0.05, 0) is 37.0 Å². The molecule has 15 heavy (non-hydrogen) atoms. The number of rotatable bonds is 4. The Bertz CT molecular complexity index is 196. The van der Waals surface area contributed by atoms with Crippen molar-refractivity contribution >= 4 is 0 Å². The van der Waals surface area contributed by atoms with E-state index in [1.165, 1.54) is 38.5 Å². The van der Waals surface area contributed by atoms with Gasteiger partial charge < -0.3 is 5.73 Å². The molecule has 0 amide bonds. The Morgan fingerprint density at radius 1 is 1.00 bits per heavy atom. The van der Waals surface area contributed by atoms with Crippen LogP contribution < -0.4 is 5.73 Å². The van der Waals surface area contributed by atoms with E-state index in [0.717, 1.165) is 12.3 Å². The zero-order chi connectivity index (χ0) is 11.5. The van der Waals surface area contributed by atoms with E-state index in [1.54, 1.807) is 0 Å². The first kappa shape index (κ1) is 13.0. The van der Waals surface area contributed by atoms with Crippen LogP contribution in [0.15, 0.2) is 0 Å². The van der Waals surface area contributed by atoms with Crippen molar-refractivity contribution in [1.82, 2.24) is 0 Å². The summed E-state index contributed by atoms with van der Waals surface area (Å²) < 4.78 is 0. The highest BCUT2D eigenvalue weighted by Crippen LogP contribution is 2.49. The molecule has 1 heteroatoms. The maximum Gasteiger partial charge on any atom is 0.0159 e. The van der Waals surface area contributed by atoms with Gasteiger partial charge in [0.05, 0.1) is 0 Å². The lowest BCUT2D eigenvalue weighted by Crippen LogP contribution is -2.50. The van der Waals surface area contributed by atoms with Crippen molar-refractivity contribution in [3.8, 4) is 0 Å². The zero-order valence-corrected chi connectivity index (χ0v) is 11.1. The van der Waals surface area contributed by atoms with E-state index in [0.29, 0.717) is 5.41 Å². The minimum Gasteiger partial charge on any atom is -0.325 e. The van der Waals surface area contributed by atoms with Gasteiger partial charge in [0.25, 0.3) is 0 Å². The first-order valence-corrected chi connectivity index (χ1v) is 6.82. The topological polar surface area (TPSA) is 26.0 Å². The van der Waals surface area contributed by atoms with Crippen molar-refractivity contribution < 1.29 is 0 Å². The summed E-state index contributed by atoms with van der Waals surface area (Å²) in [6.07, 6.45) is 8.97. The molecule has 0 saturated heterocycles. The van der Waals surface area contributed by atoms with Gasteiger partial charge in [-0.1, -0.05) is 47.0 Å². The average molecular weight is 211 g/mol. The largest absolute Gasteiger partial charge is 0.325 e. The Morgan fingerprint density at radius 3 is 2.00 bits per heavy atom. The van der Waals surface area contributed by atoms with Crippen molar-refractivity contribution in [3.63, 3.8) is 0 Å². The van der Waals surface area contributed by atoms with Crippen molar-refractivity contribution in [3.05, 3.63) is 0 Å². The molecular formula is C14H29N. The Morgan fingerprint density at radius 2 is 1.60 bits per heavy atom. The predicted molar refractivity (Wildman–Crippen MR) is 67.9 cm³/mol.